The van der Waals surface area contributed by atoms with E-state index in [-0.39, 0.29) is 0 Å². The topological polar surface area (TPSA) is 81.6 Å². The Balaban J connectivity index is 2.09. The van der Waals surface area contributed by atoms with Gasteiger partial charge in [0.2, 0.25) is 0 Å². The molecule has 1 aliphatic heterocycles. The van der Waals surface area contributed by atoms with Gasteiger partial charge in [0, 0.05) is 26.1 Å². The number of rotatable bonds is 4. The molecule has 0 saturated carbocycles. The number of hydrogen-bond acceptors (Lipinski definition) is 5. The van der Waals surface area contributed by atoms with Crippen LogP contribution in [-0.4, -0.2) is 32.7 Å². The van der Waals surface area contributed by atoms with Crippen LogP contribution in [0.1, 0.15) is 16.1 Å². The third-order valence-corrected chi connectivity index (χ3v) is 4.20. The summed E-state index contributed by atoms with van der Waals surface area (Å²) in [7, 11) is 1.72. The van der Waals surface area contributed by atoms with Gasteiger partial charge in [-0.15, -0.1) is 11.3 Å². The number of methoxy groups -OCH3 is 1. The zero-order valence-corrected chi connectivity index (χ0v) is 10.6. The lowest BCUT2D eigenvalue weighted by Gasteiger charge is -2.15. The Kier molecular flexibility index (Phi) is 3.54. The number of thiophene rings is 1. The minimum Gasteiger partial charge on any atom is -0.397 e. The molecule has 1 aliphatic rings. The van der Waals surface area contributed by atoms with E-state index in [0.717, 1.165) is 31.1 Å². The van der Waals surface area contributed by atoms with E-state index in [2.05, 4.69) is 4.90 Å². The number of carbonyl (C=O) groups is 1. The highest BCUT2D eigenvalue weighted by molar-refractivity contribution is 7.18. The van der Waals surface area contributed by atoms with Gasteiger partial charge in [0.15, 0.2) is 0 Å². The Morgan fingerprint density at radius 3 is 3.06 bits per heavy atom. The van der Waals surface area contributed by atoms with Crippen molar-refractivity contribution >= 4 is 27.9 Å². The Hall–Kier alpha value is -1.27. The van der Waals surface area contributed by atoms with Crippen molar-refractivity contribution in [2.75, 3.05) is 37.4 Å². The minimum atomic E-state index is -0.452. The van der Waals surface area contributed by atoms with Crippen LogP contribution in [0.5, 0.6) is 0 Å². The number of nitrogen functional groups attached to an aromatic ring is 1. The molecule has 0 aliphatic carbocycles. The van der Waals surface area contributed by atoms with Crippen molar-refractivity contribution in [1.82, 2.24) is 0 Å². The molecule has 0 bridgehead atoms. The summed E-state index contributed by atoms with van der Waals surface area (Å²) in [5.74, 6) is 0.103. The van der Waals surface area contributed by atoms with Gasteiger partial charge in [-0.1, -0.05) is 0 Å². The third kappa shape index (κ3) is 2.53. The summed E-state index contributed by atoms with van der Waals surface area (Å²) in [6, 6.07) is 1.83. The predicted molar refractivity (Wildman–Crippen MR) is 69.4 cm³/mol. The molecular formula is C11H17N3O2S. The van der Waals surface area contributed by atoms with Crippen molar-refractivity contribution in [3.63, 3.8) is 0 Å². The summed E-state index contributed by atoms with van der Waals surface area (Å²) < 4.78 is 5.16. The lowest BCUT2D eigenvalue weighted by molar-refractivity contribution is 0.100. The van der Waals surface area contributed by atoms with Gasteiger partial charge < -0.3 is 21.1 Å². The Morgan fingerprint density at radius 2 is 2.47 bits per heavy atom. The van der Waals surface area contributed by atoms with E-state index >= 15 is 0 Å². The van der Waals surface area contributed by atoms with E-state index in [9.17, 15) is 4.79 Å². The monoisotopic (exact) mass is 255 g/mol. The van der Waals surface area contributed by atoms with Crippen LogP contribution < -0.4 is 16.4 Å². The van der Waals surface area contributed by atoms with Crippen molar-refractivity contribution in [3.05, 3.63) is 10.9 Å². The van der Waals surface area contributed by atoms with Gasteiger partial charge in [0.05, 0.1) is 17.3 Å². The SMILES string of the molecule is COCC1CCN(c2cc(N)c(C(N)=O)s2)C1. The van der Waals surface area contributed by atoms with Gasteiger partial charge in [-0.05, 0) is 12.5 Å². The molecule has 6 heteroatoms. The second-order valence-corrected chi connectivity index (χ2v) is 5.32. The minimum absolute atomic E-state index is 0.452. The highest BCUT2D eigenvalue weighted by Gasteiger charge is 2.25. The van der Waals surface area contributed by atoms with Crippen molar-refractivity contribution in [2.24, 2.45) is 11.7 Å². The quantitative estimate of drug-likeness (QED) is 0.837. The first kappa shape index (κ1) is 12.2. The molecule has 17 heavy (non-hydrogen) atoms. The summed E-state index contributed by atoms with van der Waals surface area (Å²) >= 11 is 1.37. The molecule has 4 N–H and O–H groups in total. The number of carbonyl (C=O) groups excluding carboxylic acids is 1. The van der Waals surface area contributed by atoms with Gasteiger partial charge in [-0.2, -0.15) is 0 Å². The first-order chi connectivity index (χ1) is 8.11. The maximum atomic E-state index is 11.1. The predicted octanol–water partition coefficient (Wildman–Crippen LogP) is 0.902. The van der Waals surface area contributed by atoms with Crippen LogP contribution in [0.2, 0.25) is 0 Å². The number of primary amides is 1. The molecular weight excluding hydrogens is 238 g/mol. The van der Waals surface area contributed by atoms with Gasteiger partial charge in [-0.3, -0.25) is 4.79 Å². The number of amides is 1. The van der Waals surface area contributed by atoms with Crippen LogP contribution in [0, 0.1) is 5.92 Å². The van der Waals surface area contributed by atoms with Crippen LogP contribution >= 0.6 is 11.3 Å². The maximum absolute atomic E-state index is 11.1. The molecule has 0 spiro atoms. The van der Waals surface area contributed by atoms with Crippen molar-refractivity contribution in [2.45, 2.75) is 6.42 Å². The molecule has 5 nitrogen and oxygen atoms in total. The first-order valence-corrected chi connectivity index (χ1v) is 6.36. The second-order valence-electron chi connectivity index (χ2n) is 4.29. The standard InChI is InChI=1S/C11H17N3O2S/c1-16-6-7-2-3-14(5-7)9-4-8(12)10(17-9)11(13)15/h4,7H,2-3,5-6,12H2,1H3,(H2,13,15). The number of nitrogens with two attached hydrogens (primary N) is 2. The summed E-state index contributed by atoms with van der Waals surface area (Å²) in [5, 5.41) is 1.02. The molecule has 1 aromatic heterocycles. The zero-order valence-electron chi connectivity index (χ0n) is 9.81. The Bertz CT molecular complexity index is 419. The molecule has 0 radical (unpaired) electrons. The molecule has 1 atom stereocenters. The van der Waals surface area contributed by atoms with Crippen LogP contribution in [0.25, 0.3) is 0 Å². The molecule has 1 amide bonds. The smallest absolute Gasteiger partial charge is 0.260 e. The van der Waals surface area contributed by atoms with E-state index < -0.39 is 5.91 Å². The highest BCUT2D eigenvalue weighted by atomic mass is 32.1. The largest absolute Gasteiger partial charge is 0.397 e. The van der Waals surface area contributed by atoms with Crippen molar-refractivity contribution in [3.8, 4) is 0 Å². The molecule has 94 valence electrons. The summed E-state index contributed by atoms with van der Waals surface area (Å²) in [5.41, 5.74) is 11.5. The summed E-state index contributed by atoms with van der Waals surface area (Å²) in [6.45, 7) is 2.71. The van der Waals surface area contributed by atoms with Crippen LogP contribution in [0.15, 0.2) is 6.07 Å². The molecule has 0 aromatic carbocycles. The first-order valence-electron chi connectivity index (χ1n) is 5.54. The molecule has 2 rings (SSSR count). The van der Waals surface area contributed by atoms with Crippen LogP contribution in [0.4, 0.5) is 10.7 Å². The normalized spacial score (nSPS) is 19.8. The third-order valence-electron chi connectivity index (χ3n) is 2.97. The van der Waals surface area contributed by atoms with Crippen LogP contribution in [0.3, 0.4) is 0 Å². The molecule has 1 fully saturated rings. The molecule has 2 heterocycles. The summed E-state index contributed by atoms with van der Waals surface area (Å²) in [4.78, 5) is 13.8. The van der Waals surface area contributed by atoms with E-state index in [1.165, 1.54) is 11.3 Å². The zero-order chi connectivity index (χ0) is 12.4. The number of ether oxygens (including phenoxy) is 1. The second kappa shape index (κ2) is 4.93. The fourth-order valence-electron chi connectivity index (χ4n) is 2.14. The average Bonchev–Trinajstić information content (AvgIpc) is 2.85. The van der Waals surface area contributed by atoms with Gasteiger partial charge in [0.1, 0.15) is 4.88 Å². The molecule has 1 aromatic rings. The van der Waals surface area contributed by atoms with Gasteiger partial charge in [-0.25, -0.2) is 0 Å². The van der Waals surface area contributed by atoms with Gasteiger partial charge in [0.25, 0.3) is 5.91 Å². The number of anilines is 2. The molecule has 1 unspecified atom stereocenters. The lowest BCUT2D eigenvalue weighted by Crippen LogP contribution is -2.19. The van der Waals surface area contributed by atoms with E-state index in [4.69, 9.17) is 16.2 Å². The Labute approximate surface area is 104 Å². The van der Waals surface area contributed by atoms with Crippen molar-refractivity contribution in [1.29, 1.82) is 0 Å². The fourth-order valence-corrected chi connectivity index (χ4v) is 3.11. The van der Waals surface area contributed by atoms with E-state index in [0.29, 0.717) is 16.5 Å². The van der Waals surface area contributed by atoms with Crippen LogP contribution in [-0.2, 0) is 4.74 Å². The molecule has 1 saturated heterocycles. The Morgan fingerprint density at radius 1 is 1.71 bits per heavy atom. The highest BCUT2D eigenvalue weighted by Crippen LogP contribution is 2.34. The van der Waals surface area contributed by atoms with Gasteiger partial charge >= 0.3 is 0 Å². The van der Waals surface area contributed by atoms with Crippen molar-refractivity contribution < 1.29 is 9.53 Å². The lowest BCUT2D eigenvalue weighted by atomic mass is 10.1. The van der Waals surface area contributed by atoms with E-state index in [1.54, 1.807) is 7.11 Å². The summed E-state index contributed by atoms with van der Waals surface area (Å²) in [6.07, 6.45) is 1.11. The number of hydrogen-bond donors (Lipinski definition) is 2. The average molecular weight is 255 g/mol. The number of nitrogens with zero attached hydrogens (tertiary/aromatic N) is 1. The maximum Gasteiger partial charge on any atom is 0.260 e. The van der Waals surface area contributed by atoms with E-state index in [1.807, 2.05) is 6.07 Å². The fraction of sp³-hybridized carbons (Fsp3) is 0.545.